The zero-order valence-electron chi connectivity index (χ0n) is 7.84. The van der Waals surface area contributed by atoms with Gasteiger partial charge in [-0.1, -0.05) is 0 Å². The lowest BCUT2D eigenvalue weighted by Gasteiger charge is -2.12. The van der Waals surface area contributed by atoms with Gasteiger partial charge in [-0.25, -0.2) is 4.39 Å². The summed E-state index contributed by atoms with van der Waals surface area (Å²) in [5.74, 6) is -8.78. The third-order valence-corrected chi connectivity index (χ3v) is 1.70. The Morgan fingerprint density at radius 1 is 1.19 bits per heavy atom. The molecule has 3 N–H and O–H groups in total. The summed E-state index contributed by atoms with van der Waals surface area (Å²) >= 11 is 0. The van der Waals surface area contributed by atoms with Crippen LogP contribution >= 0.6 is 0 Å². The average molecular weight is 232 g/mol. The zero-order valence-corrected chi connectivity index (χ0v) is 7.84. The molecule has 0 radical (unpaired) electrons. The Hall–Kier alpha value is -2.05. The van der Waals surface area contributed by atoms with Crippen LogP contribution in [-0.4, -0.2) is 17.7 Å². The predicted octanol–water partition coefficient (Wildman–Crippen LogP) is 0.885. The van der Waals surface area contributed by atoms with E-state index in [0.717, 1.165) is 24.3 Å². The first-order valence-electron chi connectivity index (χ1n) is 4.09. The number of amides is 2. The van der Waals surface area contributed by atoms with Crippen molar-refractivity contribution in [3.63, 3.8) is 0 Å². The molecule has 1 rings (SSSR count). The van der Waals surface area contributed by atoms with Crippen LogP contribution in [0.4, 0.5) is 18.9 Å². The second-order valence-corrected chi connectivity index (χ2v) is 2.90. The van der Waals surface area contributed by atoms with Gasteiger partial charge in [-0.05, 0) is 24.3 Å². The van der Waals surface area contributed by atoms with Crippen LogP contribution in [-0.2, 0) is 9.59 Å². The maximum atomic E-state index is 12.7. The second kappa shape index (κ2) is 4.21. The molecule has 0 aliphatic rings. The summed E-state index contributed by atoms with van der Waals surface area (Å²) in [6.45, 7) is 0. The minimum absolute atomic E-state index is 0.0627. The zero-order chi connectivity index (χ0) is 12.3. The summed E-state index contributed by atoms with van der Waals surface area (Å²) < 4.78 is 37.9. The molecule has 16 heavy (non-hydrogen) atoms. The van der Waals surface area contributed by atoms with Gasteiger partial charge in [-0.3, -0.25) is 9.59 Å². The van der Waals surface area contributed by atoms with Crippen molar-refractivity contribution in [1.82, 2.24) is 0 Å². The smallest absolute Gasteiger partial charge is 0.364 e. The first kappa shape index (κ1) is 12.0. The van der Waals surface area contributed by atoms with Crippen molar-refractivity contribution in [3.8, 4) is 0 Å². The Morgan fingerprint density at radius 3 is 2.12 bits per heavy atom. The van der Waals surface area contributed by atoms with Crippen LogP contribution in [0.2, 0.25) is 0 Å². The van der Waals surface area contributed by atoms with E-state index >= 15 is 0 Å². The molecule has 0 spiro atoms. The summed E-state index contributed by atoms with van der Waals surface area (Å²) in [6.07, 6.45) is 0. The van der Waals surface area contributed by atoms with E-state index in [1.807, 2.05) is 0 Å². The van der Waals surface area contributed by atoms with Gasteiger partial charge in [0.05, 0.1) is 0 Å². The van der Waals surface area contributed by atoms with Gasteiger partial charge in [-0.15, -0.1) is 0 Å². The van der Waals surface area contributed by atoms with Crippen molar-refractivity contribution in [2.24, 2.45) is 5.73 Å². The normalized spacial score (nSPS) is 10.9. The highest BCUT2D eigenvalue weighted by Crippen LogP contribution is 2.16. The van der Waals surface area contributed by atoms with Crippen molar-refractivity contribution < 1.29 is 22.8 Å². The lowest BCUT2D eigenvalue weighted by molar-refractivity contribution is -0.154. The number of carbonyl (C=O) groups is 2. The molecule has 86 valence electrons. The molecular weight excluding hydrogens is 225 g/mol. The maximum Gasteiger partial charge on any atom is 0.400 e. The van der Waals surface area contributed by atoms with Crippen molar-refractivity contribution in [3.05, 3.63) is 30.1 Å². The number of rotatable bonds is 3. The number of carbonyl (C=O) groups excluding carboxylic acids is 2. The third-order valence-electron chi connectivity index (χ3n) is 1.70. The van der Waals surface area contributed by atoms with E-state index in [9.17, 15) is 22.8 Å². The van der Waals surface area contributed by atoms with Gasteiger partial charge in [0.2, 0.25) is 0 Å². The van der Waals surface area contributed by atoms with E-state index in [1.165, 1.54) is 0 Å². The van der Waals surface area contributed by atoms with Crippen LogP contribution in [0.1, 0.15) is 0 Å². The van der Waals surface area contributed by atoms with E-state index in [-0.39, 0.29) is 5.69 Å². The van der Waals surface area contributed by atoms with Crippen LogP contribution in [0.25, 0.3) is 0 Å². The average Bonchev–Trinajstić information content (AvgIpc) is 2.21. The molecule has 0 aromatic heterocycles. The SMILES string of the molecule is NC(=O)C(F)(F)C(=O)Nc1ccc(F)cc1. The molecule has 0 aliphatic carbocycles. The number of nitrogens with two attached hydrogens (primary N) is 1. The van der Waals surface area contributed by atoms with E-state index in [2.05, 4.69) is 5.73 Å². The molecule has 0 fully saturated rings. The minimum Gasteiger partial charge on any atom is -0.364 e. The van der Waals surface area contributed by atoms with Gasteiger partial charge < -0.3 is 11.1 Å². The third kappa shape index (κ3) is 2.50. The van der Waals surface area contributed by atoms with Crippen LogP contribution in [0.3, 0.4) is 0 Å². The molecular formula is C9H7F3N2O2. The van der Waals surface area contributed by atoms with Crippen LogP contribution < -0.4 is 11.1 Å². The summed E-state index contributed by atoms with van der Waals surface area (Å²) in [7, 11) is 0. The monoisotopic (exact) mass is 232 g/mol. The molecule has 0 unspecified atom stereocenters. The molecule has 0 atom stereocenters. The fourth-order valence-electron chi connectivity index (χ4n) is 0.855. The number of alkyl halides is 2. The Morgan fingerprint density at radius 2 is 1.69 bits per heavy atom. The molecule has 2 amide bonds. The Kier molecular flexibility index (Phi) is 3.17. The molecule has 0 aliphatic heterocycles. The molecule has 0 saturated heterocycles. The van der Waals surface area contributed by atoms with Crippen molar-refractivity contribution >= 4 is 17.5 Å². The number of primary amides is 1. The second-order valence-electron chi connectivity index (χ2n) is 2.90. The van der Waals surface area contributed by atoms with E-state index in [4.69, 9.17) is 0 Å². The van der Waals surface area contributed by atoms with Crippen molar-refractivity contribution in [2.75, 3.05) is 5.32 Å². The van der Waals surface area contributed by atoms with Gasteiger partial charge in [0.1, 0.15) is 5.82 Å². The quantitative estimate of drug-likeness (QED) is 0.759. The Labute approximate surface area is 88.2 Å². The molecule has 0 heterocycles. The first-order valence-corrected chi connectivity index (χ1v) is 4.09. The summed E-state index contributed by atoms with van der Waals surface area (Å²) in [4.78, 5) is 21.2. The van der Waals surface area contributed by atoms with E-state index in [0.29, 0.717) is 0 Å². The largest absolute Gasteiger partial charge is 0.400 e. The fourth-order valence-corrected chi connectivity index (χ4v) is 0.855. The number of halogens is 3. The lowest BCUT2D eigenvalue weighted by atomic mass is 10.2. The highest BCUT2D eigenvalue weighted by molar-refractivity contribution is 6.11. The Balaban J connectivity index is 2.79. The number of nitrogens with one attached hydrogen (secondary N) is 1. The molecule has 7 heteroatoms. The van der Waals surface area contributed by atoms with E-state index in [1.54, 1.807) is 5.32 Å². The number of hydrogen-bond donors (Lipinski definition) is 2. The number of anilines is 1. The molecule has 4 nitrogen and oxygen atoms in total. The van der Waals surface area contributed by atoms with Gasteiger partial charge >= 0.3 is 11.8 Å². The van der Waals surface area contributed by atoms with Crippen LogP contribution in [0.5, 0.6) is 0 Å². The van der Waals surface area contributed by atoms with Crippen molar-refractivity contribution in [2.45, 2.75) is 5.92 Å². The summed E-state index contributed by atoms with van der Waals surface area (Å²) in [6, 6.07) is 4.09. The van der Waals surface area contributed by atoms with Gasteiger partial charge in [0.15, 0.2) is 0 Å². The Bertz CT molecular complexity index is 417. The number of benzene rings is 1. The van der Waals surface area contributed by atoms with Gasteiger partial charge in [0.25, 0.3) is 5.91 Å². The standard InChI is InChI=1S/C9H7F3N2O2/c10-5-1-3-6(4-2-5)14-8(16)9(11,12)7(13)15/h1-4H,(H2,13,15)(H,14,16). The van der Waals surface area contributed by atoms with Crippen LogP contribution in [0.15, 0.2) is 24.3 Å². The number of hydrogen-bond acceptors (Lipinski definition) is 2. The molecule has 1 aromatic carbocycles. The molecule has 0 saturated carbocycles. The summed E-state index contributed by atoms with van der Waals surface area (Å²) in [5.41, 5.74) is 4.28. The highest BCUT2D eigenvalue weighted by atomic mass is 19.3. The molecule has 1 aromatic rings. The lowest BCUT2D eigenvalue weighted by Crippen LogP contribution is -2.46. The minimum atomic E-state index is -4.30. The van der Waals surface area contributed by atoms with Gasteiger partial charge in [0, 0.05) is 5.69 Å². The maximum absolute atomic E-state index is 12.7. The van der Waals surface area contributed by atoms with Crippen LogP contribution in [0, 0.1) is 5.82 Å². The highest BCUT2D eigenvalue weighted by Gasteiger charge is 2.45. The van der Waals surface area contributed by atoms with E-state index < -0.39 is 23.6 Å². The first-order chi connectivity index (χ1) is 7.34. The van der Waals surface area contributed by atoms with Crippen molar-refractivity contribution in [1.29, 1.82) is 0 Å². The predicted molar refractivity (Wildman–Crippen MR) is 49.2 cm³/mol. The van der Waals surface area contributed by atoms with Gasteiger partial charge in [-0.2, -0.15) is 8.78 Å². The summed E-state index contributed by atoms with van der Waals surface area (Å²) in [5, 5.41) is 1.73. The molecule has 0 bridgehead atoms. The fraction of sp³-hybridized carbons (Fsp3) is 0.111. The topological polar surface area (TPSA) is 72.2 Å².